The maximum atomic E-state index is 10.1. The van der Waals surface area contributed by atoms with Gasteiger partial charge in [-0.2, -0.15) is 5.10 Å². The van der Waals surface area contributed by atoms with Crippen LogP contribution in [-0.2, 0) is 0 Å². The lowest BCUT2D eigenvalue weighted by Gasteiger charge is -2.04. The topological polar surface area (TPSA) is 63.6 Å². The quantitative estimate of drug-likeness (QED) is 0.701. The van der Waals surface area contributed by atoms with Gasteiger partial charge in [0.2, 0.25) is 0 Å². The standard InChI is InChI=1S/C11H9N3O2/c15-11(10-2-1-5-16-10)8-6-13-14-4-3-12-7-9(8)14/h1-7,11,15H. The number of furan rings is 1. The van der Waals surface area contributed by atoms with E-state index in [9.17, 15) is 5.11 Å². The molecule has 0 saturated heterocycles. The molecule has 0 aliphatic rings. The molecule has 80 valence electrons. The number of nitrogens with zero attached hydrogens (tertiary/aromatic N) is 3. The first-order valence-corrected chi connectivity index (χ1v) is 4.85. The summed E-state index contributed by atoms with van der Waals surface area (Å²) in [7, 11) is 0. The summed E-state index contributed by atoms with van der Waals surface area (Å²) in [5.74, 6) is 0.499. The third-order valence-electron chi connectivity index (χ3n) is 2.46. The first-order valence-electron chi connectivity index (χ1n) is 4.85. The Morgan fingerprint density at radius 3 is 3.12 bits per heavy atom. The van der Waals surface area contributed by atoms with Crippen LogP contribution in [0.2, 0.25) is 0 Å². The largest absolute Gasteiger partial charge is 0.466 e. The van der Waals surface area contributed by atoms with Crippen LogP contribution < -0.4 is 0 Å². The number of fused-ring (bicyclic) bond motifs is 1. The van der Waals surface area contributed by atoms with Crippen LogP contribution in [0.25, 0.3) is 5.52 Å². The zero-order chi connectivity index (χ0) is 11.0. The summed E-state index contributed by atoms with van der Waals surface area (Å²) in [6.45, 7) is 0. The van der Waals surface area contributed by atoms with Crippen LogP contribution in [0.15, 0.2) is 47.6 Å². The molecule has 0 aliphatic heterocycles. The van der Waals surface area contributed by atoms with Crippen molar-refractivity contribution in [2.75, 3.05) is 0 Å². The Hall–Kier alpha value is -2.14. The Morgan fingerprint density at radius 1 is 1.38 bits per heavy atom. The molecule has 0 spiro atoms. The number of aliphatic hydroxyl groups is 1. The molecule has 3 heterocycles. The van der Waals surface area contributed by atoms with E-state index in [-0.39, 0.29) is 0 Å². The SMILES string of the molecule is OC(c1ccco1)c1cnn2ccncc12. The molecule has 5 nitrogen and oxygen atoms in total. The van der Waals surface area contributed by atoms with Gasteiger partial charge >= 0.3 is 0 Å². The summed E-state index contributed by atoms with van der Waals surface area (Å²) in [5, 5.41) is 14.2. The lowest BCUT2D eigenvalue weighted by atomic mass is 10.1. The van der Waals surface area contributed by atoms with Gasteiger partial charge in [-0.25, -0.2) is 4.52 Å². The van der Waals surface area contributed by atoms with Crippen LogP contribution in [0.3, 0.4) is 0 Å². The highest BCUT2D eigenvalue weighted by molar-refractivity contribution is 5.54. The van der Waals surface area contributed by atoms with Crippen LogP contribution in [0, 0.1) is 0 Å². The van der Waals surface area contributed by atoms with Crippen LogP contribution >= 0.6 is 0 Å². The van der Waals surface area contributed by atoms with Gasteiger partial charge in [-0.1, -0.05) is 0 Å². The van der Waals surface area contributed by atoms with Crippen molar-refractivity contribution in [2.45, 2.75) is 6.10 Å². The Morgan fingerprint density at radius 2 is 2.31 bits per heavy atom. The van der Waals surface area contributed by atoms with Gasteiger partial charge in [0.25, 0.3) is 0 Å². The molecule has 0 fully saturated rings. The summed E-state index contributed by atoms with van der Waals surface area (Å²) in [5.41, 5.74) is 1.45. The first kappa shape index (κ1) is 9.11. The number of aromatic nitrogens is 3. The molecular formula is C11H9N3O2. The molecule has 1 unspecified atom stereocenters. The fourth-order valence-electron chi connectivity index (χ4n) is 1.66. The molecule has 1 N–H and O–H groups in total. The summed E-state index contributed by atoms with van der Waals surface area (Å²) in [6, 6.07) is 3.47. The molecule has 0 radical (unpaired) electrons. The van der Waals surface area contributed by atoms with Crippen LogP contribution in [-0.4, -0.2) is 19.7 Å². The molecule has 3 aromatic rings. The van der Waals surface area contributed by atoms with E-state index in [4.69, 9.17) is 4.42 Å². The third kappa shape index (κ3) is 1.30. The summed E-state index contributed by atoms with van der Waals surface area (Å²) >= 11 is 0. The third-order valence-corrected chi connectivity index (χ3v) is 2.46. The smallest absolute Gasteiger partial charge is 0.140 e. The minimum atomic E-state index is -0.809. The van der Waals surface area contributed by atoms with Crippen molar-refractivity contribution in [3.05, 3.63) is 54.5 Å². The van der Waals surface area contributed by atoms with E-state index in [1.54, 1.807) is 41.4 Å². The zero-order valence-corrected chi connectivity index (χ0v) is 8.32. The van der Waals surface area contributed by atoms with Crippen molar-refractivity contribution in [3.8, 4) is 0 Å². The number of rotatable bonds is 2. The lowest BCUT2D eigenvalue weighted by molar-refractivity contribution is 0.190. The molecule has 3 rings (SSSR count). The van der Waals surface area contributed by atoms with E-state index in [1.807, 2.05) is 0 Å². The molecule has 0 saturated carbocycles. The number of aliphatic hydroxyl groups excluding tert-OH is 1. The minimum absolute atomic E-state index is 0.499. The Kier molecular flexibility index (Phi) is 1.97. The van der Waals surface area contributed by atoms with Gasteiger partial charge in [-0.05, 0) is 12.1 Å². The maximum absolute atomic E-state index is 10.1. The van der Waals surface area contributed by atoms with E-state index in [0.717, 1.165) is 5.52 Å². The minimum Gasteiger partial charge on any atom is -0.466 e. The average molecular weight is 215 g/mol. The highest BCUT2D eigenvalue weighted by atomic mass is 16.4. The molecule has 0 amide bonds. The summed E-state index contributed by atoms with van der Waals surface area (Å²) < 4.78 is 6.82. The van der Waals surface area contributed by atoms with E-state index in [2.05, 4.69) is 10.1 Å². The highest BCUT2D eigenvalue weighted by Gasteiger charge is 2.17. The molecule has 0 bridgehead atoms. The van der Waals surface area contributed by atoms with Crippen molar-refractivity contribution in [1.29, 1.82) is 0 Å². The van der Waals surface area contributed by atoms with E-state index in [0.29, 0.717) is 11.3 Å². The van der Waals surface area contributed by atoms with E-state index in [1.165, 1.54) is 6.26 Å². The summed E-state index contributed by atoms with van der Waals surface area (Å²) in [6.07, 6.45) is 7.37. The van der Waals surface area contributed by atoms with Crippen LogP contribution in [0.5, 0.6) is 0 Å². The van der Waals surface area contributed by atoms with Crippen LogP contribution in [0.4, 0.5) is 0 Å². The number of hydrogen-bond donors (Lipinski definition) is 1. The van der Waals surface area contributed by atoms with Gasteiger partial charge in [0, 0.05) is 18.0 Å². The van der Waals surface area contributed by atoms with Gasteiger partial charge in [-0.15, -0.1) is 0 Å². The predicted octanol–water partition coefficient (Wildman–Crippen LogP) is 1.40. The molecular weight excluding hydrogens is 206 g/mol. The molecule has 3 aromatic heterocycles. The van der Waals surface area contributed by atoms with Crippen molar-refractivity contribution in [2.24, 2.45) is 0 Å². The first-order chi connectivity index (χ1) is 7.86. The molecule has 0 aliphatic carbocycles. The molecule has 1 atom stereocenters. The number of hydrogen-bond acceptors (Lipinski definition) is 4. The highest BCUT2D eigenvalue weighted by Crippen LogP contribution is 2.25. The average Bonchev–Trinajstić information content (AvgIpc) is 2.98. The van der Waals surface area contributed by atoms with Gasteiger partial charge in [0.1, 0.15) is 11.9 Å². The predicted molar refractivity (Wildman–Crippen MR) is 55.8 cm³/mol. The fourth-order valence-corrected chi connectivity index (χ4v) is 1.66. The van der Waals surface area contributed by atoms with Crippen molar-refractivity contribution >= 4 is 5.52 Å². The summed E-state index contributed by atoms with van der Waals surface area (Å²) in [4.78, 5) is 4.01. The Labute approximate surface area is 91.0 Å². The van der Waals surface area contributed by atoms with Gasteiger partial charge in [-0.3, -0.25) is 4.98 Å². The second kappa shape index (κ2) is 3.46. The maximum Gasteiger partial charge on any atom is 0.140 e. The molecule has 5 heteroatoms. The van der Waals surface area contributed by atoms with Crippen molar-refractivity contribution in [3.63, 3.8) is 0 Å². The van der Waals surface area contributed by atoms with E-state index < -0.39 is 6.10 Å². The molecule has 0 aromatic carbocycles. The Bertz CT molecular complexity index is 601. The second-order valence-electron chi connectivity index (χ2n) is 3.42. The fraction of sp³-hybridized carbons (Fsp3) is 0.0909. The normalized spacial score (nSPS) is 13.1. The van der Waals surface area contributed by atoms with Crippen molar-refractivity contribution < 1.29 is 9.52 Å². The van der Waals surface area contributed by atoms with Gasteiger partial charge in [0.05, 0.1) is 24.2 Å². The van der Waals surface area contributed by atoms with Crippen molar-refractivity contribution in [1.82, 2.24) is 14.6 Å². The zero-order valence-electron chi connectivity index (χ0n) is 8.32. The van der Waals surface area contributed by atoms with Gasteiger partial charge < -0.3 is 9.52 Å². The molecule has 16 heavy (non-hydrogen) atoms. The van der Waals surface area contributed by atoms with E-state index >= 15 is 0 Å². The van der Waals surface area contributed by atoms with Gasteiger partial charge in [0.15, 0.2) is 0 Å². The second-order valence-corrected chi connectivity index (χ2v) is 3.42. The Balaban J connectivity index is 2.12. The monoisotopic (exact) mass is 215 g/mol. The van der Waals surface area contributed by atoms with Crippen LogP contribution in [0.1, 0.15) is 17.4 Å². The lowest BCUT2D eigenvalue weighted by Crippen LogP contribution is -1.97.